The summed E-state index contributed by atoms with van der Waals surface area (Å²) in [6.45, 7) is 2.46. The number of likely N-dealkylation sites (tertiary alicyclic amines) is 1. The second-order valence-corrected chi connectivity index (χ2v) is 10.2. The summed E-state index contributed by atoms with van der Waals surface area (Å²) in [4.78, 5) is 44.5. The van der Waals surface area contributed by atoms with Gasteiger partial charge in [-0.15, -0.1) is 0 Å². The summed E-state index contributed by atoms with van der Waals surface area (Å²) in [7, 11) is 0. The number of rotatable bonds is 9. The summed E-state index contributed by atoms with van der Waals surface area (Å²) < 4.78 is 0. The highest BCUT2D eigenvalue weighted by molar-refractivity contribution is 5.96. The van der Waals surface area contributed by atoms with Crippen LogP contribution in [0.25, 0.3) is 0 Å². The van der Waals surface area contributed by atoms with Crippen LogP contribution in [0.1, 0.15) is 69.0 Å². The van der Waals surface area contributed by atoms with E-state index < -0.39 is 17.6 Å². The van der Waals surface area contributed by atoms with Crippen LogP contribution in [-0.4, -0.2) is 57.4 Å². The molecule has 3 fully saturated rings. The highest BCUT2D eigenvalue weighted by Gasteiger charge is 2.66. The Hall–Kier alpha value is -2.68. The first kappa shape index (κ1) is 24.4. The largest absolute Gasteiger partial charge is 0.480 e. The van der Waals surface area contributed by atoms with Gasteiger partial charge in [0.25, 0.3) is 0 Å². The maximum Gasteiger partial charge on any atom is 0.317 e. The van der Waals surface area contributed by atoms with Gasteiger partial charge in [-0.1, -0.05) is 38.2 Å². The molecule has 3 atom stereocenters. The Morgan fingerprint density at radius 2 is 1.97 bits per heavy atom. The van der Waals surface area contributed by atoms with Crippen molar-refractivity contribution in [2.24, 2.45) is 11.8 Å². The number of nitrogens with two attached hydrogens (primary N) is 1. The number of anilines is 1. The van der Waals surface area contributed by atoms with Crippen molar-refractivity contribution in [3.05, 3.63) is 23.4 Å². The summed E-state index contributed by atoms with van der Waals surface area (Å²) in [5.74, 6) is -0.231. The average Bonchev–Trinajstić information content (AvgIpc) is 3.57. The molecule has 5 N–H and O–H groups in total. The molecule has 3 aliphatic rings. The summed E-state index contributed by atoms with van der Waals surface area (Å²) in [5.41, 5.74) is 6.58. The lowest BCUT2D eigenvalue weighted by molar-refractivity contribution is -0.146. The van der Waals surface area contributed by atoms with E-state index in [1.54, 1.807) is 11.0 Å². The first-order valence-corrected chi connectivity index (χ1v) is 12.6. The number of piperidine rings is 1. The van der Waals surface area contributed by atoms with Crippen molar-refractivity contribution in [3.63, 3.8) is 0 Å². The molecule has 0 radical (unpaired) electrons. The van der Waals surface area contributed by atoms with Gasteiger partial charge in [0, 0.05) is 18.8 Å². The van der Waals surface area contributed by atoms with Crippen LogP contribution in [0.4, 0.5) is 5.82 Å². The number of aliphatic carboxylic acids is 1. The summed E-state index contributed by atoms with van der Waals surface area (Å²) in [6.07, 6.45) is 8.75. The van der Waals surface area contributed by atoms with Crippen molar-refractivity contribution in [2.75, 3.05) is 18.8 Å². The number of carboxylic acids is 1. The SMILES string of the molecule is Cc1nc(N)ccc1CNC(=O)[C@]12C[C@H]1CCCN2C(=O)[C@@H](CC1CCCCC1)NCC(=O)O. The van der Waals surface area contributed by atoms with Gasteiger partial charge in [-0.25, -0.2) is 4.98 Å². The number of fused-ring (bicyclic) bond motifs is 1. The molecule has 1 aromatic heterocycles. The standard InChI is InChI=1S/C25H37N5O4/c1-16-18(9-10-21(26)29-16)14-28-24(34)25-13-19(25)8-5-11-30(25)23(33)20(27-15-22(31)32)12-17-6-3-2-4-7-17/h9-10,17,19-20,27H,2-8,11-15H2,1H3,(H2,26,29)(H,28,34)(H,31,32)/t19-,20-,25+/m1/s1. The molecule has 34 heavy (non-hydrogen) atoms. The Labute approximate surface area is 200 Å². The number of hydrogen-bond donors (Lipinski definition) is 4. The van der Waals surface area contributed by atoms with E-state index in [2.05, 4.69) is 15.6 Å². The van der Waals surface area contributed by atoms with Crippen molar-refractivity contribution < 1.29 is 19.5 Å². The van der Waals surface area contributed by atoms with Crippen molar-refractivity contribution in [3.8, 4) is 0 Å². The molecule has 0 bridgehead atoms. The molecule has 1 saturated heterocycles. The molecular formula is C25H37N5O4. The van der Waals surface area contributed by atoms with Gasteiger partial charge < -0.3 is 21.1 Å². The Morgan fingerprint density at radius 1 is 1.21 bits per heavy atom. The van der Waals surface area contributed by atoms with E-state index in [-0.39, 0.29) is 24.3 Å². The number of nitrogens with one attached hydrogen (secondary N) is 2. The van der Waals surface area contributed by atoms with Crippen LogP contribution in [-0.2, 0) is 20.9 Å². The van der Waals surface area contributed by atoms with Gasteiger partial charge in [0.2, 0.25) is 11.8 Å². The van der Waals surface area contributed by atoms with Gasteiger partial charge in [-0.2, -0.15) is 0 Å². The Morgan fingerprint density at radius 3 is 2.68 bits per heavy atom. The summed E-state index contributed by atoms with van der Waals surface area (Å²) >= 11 is 0. The lowest BCUT2D eigenvalue weighted by atomic mass is 9.84. The lowest BCUT2D eigenvalue weighted by Crippen LogP contribution is -2.59. The molecule has 2 aliphatic carbocycles. The van der Waals surface area contributed by atoms with Crippen LogP contribution in [0.15, 0.2) is 12.1 Å². The zero-order chi connectivity index (χ0) is 24.3. The van der Waals surface area contributed by atoms with Crippen molar-refractivity contribution in [1.82, 2.24) is 20.5 Å². The second-order valence-electron chi connectivity index (χ2n) is 10.2. The zero-order valence-electron chi connectivity index (χ0n) is 20.0. The maximum absolute atomic E-state index is 13.8. The topological polar surface area (TPSA) is 138 Å². The highest BCUT2D eigenvalue weighted by atomic mass is 16.4. The number of nitrogens with zero attached hydrogens (tertiary/aromatic N) is 2. The number of carboxylic acid groups (broad SMARTS) is 1. The Kier molecular flexibility index (Phi) is 7.40. The van der Waals surface area contributed by atoms with Crippen LogP contribution in [0.5, 0.6) is 0 Å². The number of carbonyl (C=O) groups excluding carboxylic acids is 2. The quantitative estimate of drug-likeness (QED) is 0.432. The van der Waals surface area contributed by atoms with E-state index >= 15 is 0 Å². The fraction of sp³-hybridized carbons (Fsp3) is 0.680. The monoisotopic (exact) mass is 471 g/mol. The third-order valence-electron chi connectivity index (χ3n) is 7.90. The highest BCUT2D eigenvalue weighted by Crippen LogP contribution is 2.54. The van der Waals surface area contributed by atoms with E-state index in [9.17, 15) is 19.5 Å². The van der Waals surface area contributed by atoms with E-state index in [1.165, 1.54) is 6.42 Å². The van der Waals surface area contributed by atoms with Crippen LogP contribution in [0.3, 0.4) is 0 Å². The number of aryl methyl sites for hydroxylation is 1. The molecule has 0 unspecified atom stereocenters. The van der Waals surface area contributed by atoms with Gasteiger partial charge in [0.05, 0.1) is 12.6 Å². The van der Waals surface area contributed by atoms with Gasteiger partial charge in [0.15, 0.2) is 0 Å². The minimum atomic E-state index is -0.982. The van der Waals surface area contributed by atoms with E-state index in [0.29, 0.717) is 37.7 Å². The smallest absolute Gasteiger partial charge is 0.317 e. The van der Waals surface area contributed by atoms with Crippen LogP contribution < -0.4 is 16.4 Å². The van der Waals surface area contributed by atoms with Crippen molar-refractivity contribution >= 4 is 23.6 Å². The number of hydrogen-bond acceptors (Lipinski definition) is 6. The molecule has 186 valence electrons. The van der Waals surface area contributed by atoms with Gasteiger partial charge in [-0.05, 0) is 56.1 Å². The van der Waals surface area contributed by atoms with Crippen molar-refractivity contribution in [1.29, 1.82) is 0 Å². The van der Waals surface area contributed by atoms with Crippen LogP contribution in [0, 0.1) is 18.8 Å². The normalized spacial score (nSPS) is 25.3. The van der Waals surface area contributed by atoms with Crippen LogP contribution in [0.2, 0.25) is 0 Å². The molecule has 4 rings (SSSR count). The van der Waals surface area contributed by atoms with E-state index in [0.717, 1.165) is 49.8 Å². The molecule has 1 aliphatic heterocycles. The average molecular weight is 472 g/mol. The van der Waals surface area contributed by atoms with E-state index in [4.69, 9.17) is 5.73 Å². The summed E-state index contributed by atoms with van der Waals surface area (Å²) in [6, 6.07) is 3.00. The number of pyridine rings is 1. The van der Waals surface area contributed by atoms with Crippen LogP contribution >= 0.6 is 0 Å². The molecular weight excluding hydrogens is 434 g/mol. The third kappa shape index (κ3) is 5.19. The maximum atomic E-state index is 13.8. The molecule has 0 aromatic carbocycles. The molecule has 9 heteroatoms. The molecule has 0 spiro atoms. The minimum Gasteiger partial charge on any atom is -0.480 e. The first-order valence-electron chi connectivity index (χ1n) is 12.6. The number of amides is 2. The fourth-order valence-electron chi connectivity index (χ4n) is 5.94. The molecule has 2 saturated carbocycles. The van der Waals surface area contributed by atoms with Gasteiger partial charge >= 0.3 is 5.97 Å². The number of nitrogen functional groups attached to an aromatic ring is 1. The first-order chi connectivity index (χ1) is 16.3. The molecule has 2 amide bonds. The Balaban J connectivity index is 1.47. The van der Waals surface area contributed by atoms with Gasteiger partial charge in [0.1, 0.15) is 11.4 Å². The Bertz CT molecular complexity index is 932. The lowest BCUT2D eigenvalue weighted by Gasteiger charge is -2.38. The minimum absolute atomic E-state index is 0.128. The number of aromatic nitrogens is 1. The van der Waals surface area contributed by atoms with Gasteiger partial charge in [-0.3, -0.25) is 19.7 Å². The summed E-state index contributed by atoms with van der Waals surface area (Å²) in [5, 5.41) is 15.2. The fourth-order valence-corrected chi connectivity index (χ4v) is 5.94. The zero-order valence-corrected chi connectivity index (χ0v) is 20.0. The predicted octanol–water partition coefficient (Wildman–Crippen LogP) is 1.98. The predicted molar refractivity (Wildman–Crippen MR) is 128 cm³/mol. The van der Waals surface area contributed by atoms with Crippen molar-refractivity contribution in [2.45, 2.75) is 82.8 Å². The number of carbonyl (C=O) groups is 3. The second kappa shape index (κ2) is 10.3. The molecule has 1 aromatic rings. The third-order valence-corrected chi connectivity index (χ3v) is 7.90. The van der Waals surface area contributed by atoms with E-state index in [1.807, 2.05) is 13.0 Å². The molecule has 9 nitrogen and oxygen atoms in total. The molecule has 2 heterocycles.